The van der Waals surface area contributed by atoms with Gasteiger partial charge in [0.1, 0.15) is 0 Å². The van der Waals surface area contributed by atoms with E-state index < -0.39 is 0 Å². The Bertz CT molecular complexity index is 368. The number of carbonyl (C=O) groups is 1. The van der Waals surface area contributed by atoms with Crippen LogP contribution in [0.3, 0.4) is 0 Å². The quantitative estimate of drug-likeness (QED) is 0.906. The summed E-state index contributed by atoms with van der Waals surface area (Å²) in [5.74, 6) is 0.0916. The monoisotopic (exact) mass is 290 g/mol. The van der Waals surface area contributed by atoms with E-state index in [2.05, 4.69) is 0 Å². The van der Waals surface area contributed by atoms with Crippen LogP contribution >= 0.6 is 24.0 Å². The molecule has 18 heavy (non-hydrogen) atoms. The van der Waals surface area contributed by atoms with Crippen LogP contribution in [0.2, 0.25) is 5.02 Å². The molecule has 1 aromatic rings. The number of nitrogens with zero attached hydrogens (tertiary/aromatic N) is 1. The average Bonchev–Trinajstić information content (AvgIpc) is 2.31. The van der Waals surface area contributed by atoms with E-state index in [1.165, 1.54) is 5.56 Å². The summed E-state index contributed by atoms with van der Waals surface area (Å²) < 4.78 is 0. The summed E-state index contributed by atoms with van der Waals surface area (Å²) in [5, 5.41) is 0.731. The molecule has 5 heteroatoms. The SMILES string of the molecule is CC(Cc1ccc(Cl)cc1)N(C)C(=O)CCN.Cl. The van der Waals surface area contributed by atoms with Crippen molar-refractivity contribution in [2.24, 2.45) is 5.73 Å². The average molecular weight is 291 g/mol. The zero-order chi connectivity index (χ0) is 12.8. The molecule has 2 N–H and O–H groups in total. The first-order valence-corrected chi connectivity index (χ1v) is 6.12. The smallest absolute Gasteiger partial charge is 0.223 e. The van der Waals surface area contributed by atoms with Gasteiger partial charge in [-0.2, -0.15) is 0 Å². The standard InChI is InChI=1S/C13H19ClN2O.ClH/c1-10(16(2)13(17)7-8-15)9-11-3-5-12(14)6-4-11;/h3-6,10H,7-9,15H2,1-2H3;1H. The van der Waals surface area contributed by atoms with Gasteiger partial charge in [-0.1, -0.05) is 23.7 Å². The number of carbonyl (C=O) groups excluding carboxylic acids is 1. The van der Waals surface area contributed by atoms with Gasteiger partial charge in [-0.3, -0.25) is 4.79 Å². The molecule has 1 rings (SSSR count). The third kappa shape index (κ3) is 5.25. The van der Waals surface area contributed by atoms with Crippen molar-refractivity contribution < 1.29 is 4.79 Å². The van der Waals surface area contributed by atoms with E-state index in [1.807, 2.05) is 38.2 Å². The van der Waals surface area contributed by atoms with Crippen molar-refractivity contribution in [3.8, 4) is 0 Å². The minimum atomic E-state index is 0. The molecule has 0 aliphatic heterocycles. The third-order valence-electron chi connectivity index (χ3n) is 2.86. The molecule has 1 atom stereocenters. The fourth-order valence-corrected chi connectivity index (χ4v) is 1.77. The van der Waals surface area contributed by atoms with E-state index in [4.69, 9.17) is 17.3 Å². The number of benzene rings is 1. The maximum atomic E-state index is 11.7. The highest BCUT2D eigenvalue weighted by Crippen LogP contribution is 2.13. The van der Waals surface area contributed by atoms with Crippen LogP contribution in [0.4, 0.5) is 0 Å². The Hall–Kier alpha value is -0.770. The van der Waals surface area contributed by atoms with E-state index >= 15 is 0 Å². The molecule has 0 saturated carbocycles. The minimum absolute atomic E-state index is 0. The van der Waals surface area contributed by atoms with Crippen molar-refractivity contribution in [2.45, 2.75) is 25.8 Å². The van der Waals surface area contributed by atoms with E-state index in [0.29, 0.717) is 13.0 Å². The lowest BCUT2D eigenvalue weighted by atomic mass is 10.1. The molecule has 0 heterocycles. The van der Waals surface area contributed by atoms with Gasteiger partial charge in [0, 0.05) is 31.1 Å². The molecule has 1 aromatic carbocycles. The molecule has 1 amide bonds. The van der Waals surface area contributed by atoms with Crippen molar-refractivity contribution in [2.75, 3.05) is 13.6 Å². The second-order valence-corrected chi connectivity index (χ2v) is 4.66. The van der Waals surface area contributed by atoms with Crippen LogP contribution in [0.25, 0.3) is 0 Å². The fourth-order valence-electron chi connectivity index (χ4n) is 1.64. The molecule has 0 aliphatic carbocycles. The Morgan fingerprint density at radius 2 is 1.94 bits per heavy atom. The van der Waals surface area contributed by atoms with Crippen molar-refractivity contribution in [3.05, 3.63) is 34.9 Å². The Kier molecular flexibility index (Phi) is 8.00. The van der Waals surface area contributed by atoms with E-state index in [1.54, 1.807) is 4.90 Å². The van der Waals surface area contributed by atoms with Crippen LogP contribution in [-0.4, -0.2) is 30.4 Å². The molecule has 3 nitrogen and oxygen atoms in total. The topological polar surface area (TPSA) is 46.3 Å². The molecule has 0 aromatic heterocycles. The maximum absolute atomic E-state index is 11.7. The number of nitrogens with two attached hydrogens (primary N) is 1. The molecule has 102 valence electrons. The summed E-state index contributed by atoms with van der Waals surface area (Å²) in [4.78, 5) is 13.4. The van der Waals surface area contributed by atoms with Crippen LogP contribution in [0.5, 0.6) is 0 Å². The number of hydrogen-bond acceptors (Lipinski definition) is 2. The molecule has 0 bridgehead atoms. The van der Waals surface area contributed by atoms with E-state index in [0.717, 1.165) is 11.4 Å². The van der Waals surface area contributed by atoms with Gasteiger partial charge < -0.3 is 10.6 Å². The Morgan fingerprint density at radius 3 is 2.44 bits per heavy atom. The summed E-state index contributed by atoms with van der Waals surface area (Å²) in [7, 11) is 1.82. The molecule has 0 saturated heterocycles. The van der Waals surface area contributed by atoms with Gasteiger partial charge in [0.15, 0.2) is 0 Å². The van der Waals surface area contributed by atoms with Crippen molar-refractivity contribution in [3.63, 3.8) is 0 Å². The highest BCUT2D eigenvalue weighted by molar-refractivity contribution is 6.30. The lowest BCUT2D eigenvalue weighted by Gasteiger charge is -2.25. The first-order chi connectivity index (χ1) is 8.04. The van der Waals surface area contributed by atoms with Gasteiger partial charge in [-0.25, -0.2) is 0 Å². The first kappa shape index (κ1) is 17.2. The van der Waals surface area contributed by atoms with E-state index in [-0.39, 0.29) is 24.4 Å². The largest absolute Gasteiger partial charge is 0.343 e. The summed E-state index contributed by atoms with van der Waals surface area (Å²) in [6.45, 7) is 2.43. The van der Waals surface area contributed by atoms with Crippen molar-refractivity contribution >= 4 is 29.9 Å². The molecule has 0 spiro atoms. The second-order valence-electron chi connectivity index (χ2n) is 4.22. The summed E-state index contributed by atoms with van der Waals surface area (Å²) in [5.41, 5.74) is 6.55. The number of likely N-dealkylation sites (N-methyl/N-ethyl adjacent to an activating group) is 1. The van der Waals surface area contributed by atoms with Crippen LogP contribution in [0, 0.1) is 0 Å². The van der Waals surface area contributed by atoms with Crippen LogP contribution < -0.4 is 5.73 Å². The Balaban J connectivity index is 0.00000289. The summed E-state index contributed by atoms with van der Waals surface area (Å²) in [6.07, 6.45) is 1.23. The van der Waals surface area contributed by atoms with Crippen LogP contribution in [0.1, 0.15) is 18.9 Å². The second kappa shape index (κ2) is 8.35. The summed E-state index contributed by atoms with van der Waals surface area (Å²) in [6, 6.07) is 7.87. The maximum Gasteiger partial charge on any atom is 0.223 e. The zero-order valence-corrected chi connectivity index (χ0v) is 12.3. The molecular weight excluding hydrogens is 271 g/mol. The number of rotatable bonds is 5. The molecular formula is C13H20Cl2N2O. The minimum Gasteiger partial charge on any atom is -0.343 e. The van der Waals surface area contributed by atoms with Gasteiger partial charge in [0.2, 0.25) is 5.91 Å². The van der Waals surface area contributed by atoms with Crippen LogP contribution in [-0.2, 0) is 11.2 Å². The summed E-state index contributed by atoms with van der Waals surface area (Å²) >= 11 is 5.82. The lowest BCUT2D eigenvalue weighted by Crippen LogP contribution is -2.37. The molecule has 1 unspecified atom stereocenters. The lowest BCUT2D eigenvalue weighted by molar-refractivity contribution is -0.131. The third-order valence-corrected chi connectivity index (χ3v) is 3.11. The zero-order valence-electron chi connectivity index (χ0n) is 10.7. The molecule has 0 radical (unpaired) electrons. The van der Waals surface area contributed by atoms with Gasteiger partial charge in [0.05, 0.1) is 0 Å². The van der Waals surface area contributed by atoms with E-state index in [9.17, 15) is 4.79 Å². The first-order valence-electron chi connectivity index (χ1n) is 5.74. The van der Waals surface area contributed by atoms with Gasteiger partial charge >= 0.3 is 0 Å². The number of hydrogen-bond donors (Lipinski definition) is 1. The Labute approximate surface area is 120 Å². The van der Waals surface area contributed by atoms with Crippen molar-refractivity contribution in [1.82, 2.24) is 4.90 Å². The Morgan fingerprint density at radius 1 is 1.39 bits per heavy atom. The van der Waals surface area contributed by atoms with Gasteiger partial charge in [-0.05, 0) is 31.0 Å². The molecule has 0 fully saturated rings. The highest BCUT2D eigenvalue weighted by atomic mass is 35.5. The van der Waals surface area contributed by atoms with Crippen molar-refractivity contribution in [1.29, 1.82) is 0 Å². The predicted octanol–water partition coefficient (Wildman–Crippen LogP) is 2.50. The number of amides is 1. The van der Waals surface area contributed by atoms with Gasteiger partial charge in [0.25, 0.3) is 0 Å². The van der Waals surface area contributed by atoms with Crippen LogP contribution in [0.15, 0.2) is 24.3 Å². The molecule has 0 aliphatic rings. The predicted molar refractivity (Wildman–Crippen MR) is 78.3 cm³/mol. The normalized spacial score (nSPS) is 11.6. The fraction of sp³-hybridized carbons (Fsp3) is 0.462. The van der Waals surface area contributed by atoms with Gasteiger partial charge in [-0.15, -0.1) is 12.4 Å². The number of halogens is 2. The highest BCUT2D eigenvalue weighted by Gasteiger charge is 2.15.